The summed E-state index contributed by atoms with van der Waals surface area (Å²) in [6.45, 7) is 4.90. The lowest BCUT2D eigenvalue weighted by Gasteiger charge is -2.16. The standard InChI is InChI=1S/C20H36O6/c1-4-5-12-18(25-16(2)21)13-10-8-6-7-9-11-14-19(15-20(23)24)26-17(3)22/h18-19H,4-15H2,1-3H3,(H,23,24)/t18-,19-/m0/s1. The smallest absolute Gasteiger partial charge is 0.307 e. The van der Waals surface area contributed by atoms with E-state index in [0.29, 0.717) is 6.42 Å². The molecular weight excluding hydrogens is 336 g/mol. The van der Waals surface area contributed by atoms with Crippen molar-refractivity contribution in [2.45, 2.75) is 110 Å². The van der Waals surface area contributed by atoms with Crippen LogP contribution in [0.2, 0.25) is 0 Å². The third-order valence-electron chi connectivity index (χ3n) is 4.25. The number of carboxylic acid groups (broad SMARTS) is 1. The van der Waals surface area contributed by atoms with Gasteiger partial charge in [0.2, 0.25) is 0 Å². The Labute approximate surface area is 157 Å². The molecule has 0 aliphatic heterocycles. The highest BCUT2D eigenvalue weighted by atomic mass is 16.5. The van der Waals surface area contributed by atoms with Crippen molar-refractivity contribution in [2.24, 2.45) is 0 Å². The number of carboxylic acids is 1. The van der Waals surface area contributed by atoms with Crippen LogP contribution in [0.25, 0.3) is 0 Å². The Morgan fingerprint density at radius 2 is 1.15 bits per heavy atom. The Morgan fingerprint density at radius 1 is 0.731 bits per heavy atom. The van der Waals surface area contributed by atoms with Gasteiger partial charge in [-0.15, -0.1) is 0 Å². The summed E-state index contributed by atoms with van der Waals surface area (Å²) < 4.78 is 10.4. The first-order valence-corrected chi connectivity index (χ1v) is 9.91. The second-order valence-corrected chi connectivity index (χ2v) is 6.90. The lowest BCUT2D eigenvalue weighted by Crippen LogP contribution is -2.20. The van der Waals surface area contributed by atoms with Gasteiger partial charge >= 0.3 is 17.9 Å². The van der Waals surface area contributed by atoms with Crippen molar-refractivity contribution in [3.05, 3.63) is 0 Å². The second kappa shape index (κ2) is 15.6. The Balaban J connectivity index is 3.78. The lowest BCUT2D eigenvalue weighted by molar-refractivity contribution is -0.151. The molecular formula is C20H36O6. The zero-order valence-electron chi connectivity index (χ0n) is 16.6. The summed E-state index contributed by atoms with van der Waals surface area (Å²) in [7, 11) is 0. The van der Waals surface area contributed by atoms with E-state index in [0.717, 1.165) is 64.2 Å². The molecule has 0 fully saturated rings. The number of esters is 2. The van der Waals surface area contributed by atoms with E-state index < -0.39 is 18.0 Å². The molecule has 0 aliphatic rings. The zero-order valence-corrected chi connectivity index (χ0v) is 16.6. The average Bonchev–Trinajstić information content (AvgIpc) is 2.52. The van der Waals surface area contributed by atoms with Crippen molar-refractivity contribution in [2.75, 3.05) is 0 Å². The molecule has 0 rings (SSSR count). The molecule has 6 heteroatoms. The van der Waals surface area contributed by atoms with Gasteiger partial charge in [0.1, 0.15) is 12.2 Å². The van der Waals surface area contributed by atoms with Gasteiger partial charge in [0, 0.05) is 13.8 Å². The molecule has 0 radical (unpaired) electrons. The highest BCUT2D eigenvalue weighted by Gasteiger charge is 2.15. The topological polar surface area (TPSA) is 89.9 Å². The molecule has 0 amide bonds. The zero-order chi connectivity index (χ0) is 19.8. The predicted octanol–water partition coefficient (Wildman–Crippen LogP) is 4.64. The molecule has 0 saturated carbocycles. The molecule has 1 N–H and O–H groups in total. The van der Waals surface area contributed by atoms with Crippen LogP contribution in [0, 0.1) is 0 Å². The minimum Gasteiger partial charge on any atom is -0.481 e. The lowest BCUT2D eigenvalue weighted by atomic mass is 10.0. The molecule has 0 aliphatic carbocycles. The molecule has 0 bridgehead atoms. The monoisotopic (exact) mass is 372 g/mol. The molecule has 0 unspecified atom stereocenters. The first kappa shape index (κ1) is 24.4. The Kier molecular flexibility index (Phi) is 14.7. The summed E-state index contributed by atoms with van der Waals surface area (Å²) in [6.07, 6.45) is 10.2. The van der Waals surface area contributed by atoms with Crippen LogP contribution in [0.3, 0.4) is 0 Å². The molecule has 0 aromatic rings. The first-order chi connectivity index (χ1) is 12.3. The van der Waals surface area contributed by atoms with Gasteiger partial charge in [0.05, 0.1) is 6.42 Å². The van der Waals surface area contributed by atoms with Crippen LogP contribution in [-0.2, 0) is 23.9 Å². The molecule has 26 heavy (non-hydrogen) atoms. The minimum absolute atomic E-state index is 0.0490. The van der Waals surface area contributed by atoms with Gasteiger partial charge in [-0.05, 0) is 32.1 Å². The van der Waals surface area contributed by atoms with E-state index in [1.54, 1.807) is 0 Å². The van der Waals surface area contributed by atoms with E-state index in [1.807, 2.05) is 0 Å². The van der Waals surface area contributed by atoms with Crippen LogP contribution < -0.4 is 0 Å². The van der Waals surface area contributed by atoms with Crippen molar-refractivity contribution < 1.29 is 29.0 Å². The molecule has 2 atom stereocenters. The molecule has 0 spiro atoms. The van der Waals surface area contributed by atoms with Crippen molar-refractivity contribution >= 4 is 17.9 Å². The van der Waals surface area contributed by atoms with Crippen LogP contribution >= 0.6 is 0 Å². The van der Waals surface area contributed by atoms with Crippen molar-refractivity contribution in [1.29, 1.82) is 0 Å². The van der Waals surface area contributed by atoms with Gasteiger partial charge in [-0.1, -0.05) is 45.4 Å². The third kappa shape index (κ3) is 15.9. The van der Waals surface area contributed by atoms with E-state index in [-0.39, 0.29) is 18.5 Å². The number of hydrogen-bond acceptors (Lipinski definition) is 5. The highest BCUT2D eigenvalue weighted by Crippen LogP contribution is 2.16. The molecule has 0 aromatic heterocycles. The summed E-state index contributed by atoms with van der Waals surface area (Å²) in [6, 6.07) is 0. The van der Waals surface area contributed by atoms with Gasteiger partial charge in [0.15, 0.2) is 0 Å². The maximum absolute atomic E-state index is 11.1. The van der Waals surface area contributed by atoms with Crippen LogP contribution in [0.1, 0.15) is 97.8 Å². The molecule has 6 nitrogen and oxygen atoms in total. The van der Waals surface area contributed by atoms with Gasteiger partial charge in [-0.3, -0.25) is 14.4 Å². The van der Waals surface area contributed by atoms with Crippen LogP contribution in [-0.4, -0.2) is 35.2 Å². The third-order valence-corrected chi connectivity index (χ3v) is 4.25. The summed E-state index contributed by atoms with van der Waals surface area (Å²) in [4.78, 5) is 32.9. The van der Waals surface area contributed by atoms with Crippen LogP contribution in [0.4, 0.5) is 0 Å². The summed E-state index contributed by atoms with van der Waals surface area (Å²) >= 11 is 0. The van der Waals surface area contributed by atoms with Gasteiger partial charge in [-0.25, -0.2) is 0 Å². The normalized spacial score (nSPS) is 13.0. The van der Waals surface area contributed by atoms with E-state index in [2.05, 4.69) is 6.92 Å². The molecule has 0 saturated heterocycles. The van der Waals surface area contributed by atoms with Crippen molar-refractivity contribution in [3.8, 4) is 0 Å². The maximum atomic E-state index is 11.1. The Morgan fingerprint density at radius 3 is 1.62 bits per heavy atom. The maximum Gasteiger partial charge on any atom is 0.307 e. The largest absolute Gasteiger partial charge is 0.481 e. The second-order valence-electron chi connectivity index (χ2n) is 6.90. The summed E-state index contributed by atoms with van der Waals surface area (Å²) in [5.74, 6) is -1.57. The SMILES string of the molecule is CCCC[C@@H](CCCCCCCC[C@@H](CC(=O)O)OC(C)=O)OC(C)=O. The van der Waals surface area contributed by atoms with Crippen LogP contribution in [0.15, 0.2) is 0 Å². The number of aliphatic carboxylic acids is 1. The summed E-state index contributed by atoms with van der Waals surface area (Å²) in [5, 5.41) is 8.83. The van der Waals surface area contributed by atoms with E-state index >= 15 is 0 Å². The van der Waals surface area contributed by atoms with Gasteiger partial charge < -0.3 is 14.6 Å². The number of hydrogen-bond donors (Lipinski definition) is 1. The fourth-order valence-electron chi connectivity index (χ4n) is 3.01. The molecule has 0 heterocycles. The van der Waals surface area contributed by atoms with Gasteiger partial charge in [-0.2, -0.15) is 0 Å². The number of rotatable bonds is 16. The number of unbranched alkanes of at least 4 members (excludes halogenated alkanes) is 6. The number of carbonyl (C=O) groups excluding carboxylic acids is 2. The minimum atomic E-state index is -0.943. The highest BCUT2D eigenvalue weighted by molar-refractivity contribution is 5.69. The molecule has 0 aromatic carbocycles. The number of carbonyl (C=O) groups is 3. The van der Waals surface area contributed by atoms with Gasteiger partial charge in [0.25, 0.3) is 0 Å². The number of ether oxygens (including phenoxy) is 2. The summed E-state index contributed by atoms with van der Waals surface area (Å²) in [5.41, 5.74) is 0. The van der Waals surface area contributed by atoms with Crippen LogP contribution in [0.5, 0.6) is 0 Å². The van der Waals surface area contributed by atoms with E-state index in [4.69, 9.17) is 14.6 Å². The quantitative estimate of drug-likeness (QED) is 0.314. The first-order valence-electron chi connectivity index (χ1n) is 9.91. The van der Waals surface area contributed by atoms with Crippen molar-refractivity contribution in [1.82, 2.24) is 0 Å². The fraction of sp³-hybridized carbons (Fsp3) is 0.850. The van der Waals surface area contributed by atoms with Crippen molar-refractivity contribution in [3.63, 3.8) is 0 Å². The average molecular weight is 373 g/mol. The Hall–Kier alpha value is -1.59. The molecule has 152 valence electrons. The Bertz CT molecular complexity index is 391. The van der Waals surface area contributed by atoms with E-state index in [1.165, 1.54) is 13.8 Å². The fourth-order valence-corrected chi connectivity index (χ4v) is 3.01. The van der Waals surface area contributed by atoms with E-state index in [9.17, 15) is 14.4 Å². The predicted molar refractivity (Wildman–Crippen MR) is 99.8 cm³/mol.